The van der Waals surface area contributed by atoms with Gasteiger partial charge in [0.25, 0.3) is 0 Å². The van der Waals surface area contributed by atoms with Gasteiger partial charge in [-0.05, 0) is 0 Å². The molecule has 0 unspecified atom stereocenters. The lowest BCUT2D eigenvalue weighted by Gasteiger charge is -2.21. The van der Waals surface area contributed by atoms with Crippen molar-refractivity contribution in [3.05, 3.63) is 0 Å². The maximum absolute atomic E-state index is 11.2. The quantitative estimate of drug-likeness (QED) is 0.581. The first-order valence-corrected chi connectivity index (χ1v) is 5.79. The number of aliphatic hydroxyl groups excluding tert-OH is 1. The van der Waals surface area contributed by atoms with Crippen LogP contribution in [0.3, 0.4) is 0 Å². The summed E-state index contributed by atoms with van der Waals surface area (Å²) in [5, 5.41) is 9.11. The molecule has 2 fully saturated rings. The van der Waals surface area contributed by atoms with E-state index in [9.17, 15) is 8.42 Å². The Kier molecular flexibility index (Phi) is 1.72. The van der Waals surface area contributed by atoms with Crippen LogP contribution in [0.4, 0.5) is 0 Å². The molecule has 0 aromatic rings. The van der Waals surface area contributed by atoms with Crippen LogP contribution in [-0.4, -0.2) is 44.9 Å². The molecule has 12 heavy (non-hydrogen) atoms. The van der Waals surface area contributed by atoms with E-state index in [1.54, 1.807) is 0 Å². The highest BCUT2D eigenvalue weighted by Crippen LogP contribution is 2.41. The van der Waals surface area contributed by atoms with Gasteiger partial charge < -0.3 is 9.84 Å². The van der Waals surface area contributed by atoms with E-state index in [0.717, 1.165) is 0 Å². The van der Waals surface area contributed by atoms with Crippen molar-refractivity contribution in [3.8, 4) is 0 Å². The van der Waals surface area contributed by atoms with Gasteiger partial charge in [-0.2, -0.15) is 0 Å². The molecule has 2 atom stereocenters. The lowest BCUT2D eigenvalue weighted by Crippen LogP contribution is -2.32. The van der Waals surface area contributed by atoms with Crippen LogP contribution in [-0.2, 0) is 14.6 Å². The summed E-state index contributed by atoms with van der Waals surface area (Å²) in [5.74, 6) is 0.307. The molecule has 0 amide bonds. The first kappa shape index (κ1) is 8.47. The Morgan fingerprint density at radius 2 is 2.33 bits per heavy atom. The van der Waals surface area contributed by atoms with Crippen molar-refractivity contribution in [1.82, 2.24) is 0 Å². The van der Waals surface area contributed by atoms with Gasteiger partial charge >= 0.3 is 0 Å². The van der Waals surface area contributed by atoms with Crippen LogP contribution in [0.25, 0.3) is 0 Å². The predicted octanol–water partition coefficient (Wildman–Crippen LogP) is -0.960. The third-order valence-corrected chi connectivity index (χ3v) is 4.78. The SMILES string of the molecule is O=S1(=O)C[C@H]2COC[C@@]2(CO)C1. The minimum atomic E-state index is -2.92. The van der Waals surface area contributed by atoms with Crippen molar-refractivity contribution in [2.24, 2.45) is 11.3 Å². The third-order valence-electron chi connectivity index (χ3n) is 2.85. The predicted molar refractivity (Wildman–Crippen MR) is 42.5 cm³/mol. The number of aliphatic hydroxyl groups is 1. The summed E-state index contributed by atoms with van der Waals surface area (Å²) in [6.45, 7) is 0.810. The summed E-state index contributed by atoms with van der Waals surface area (Å²) in [4.78, 5) is 0. The van der Waals surface area contributed by atoms with Crippen LogP contribution in [0.2, 0.25) is 0 Å². The van der Waals surface area contributed by atoms with E-state index in [1.807, 2.05) is 0 Å². The highest BCUT2D eigenvalue weighted by molar-refractivity contribution is 7.91. The molecule has 0 aromatic heterocycles. The maximum atomic E-state index is 11.2. The van der Waals surface area contributed by atoms with E-state index < -0.39 is 15.3 Å². The first-order valence-electron chi connectivity index (χ1n) is 3.97. The van der Waals surface area contributed by atoms with Crippen molar-refractivity contribution >= 4 is 9.84 Å². The minimum Gasteiger partial charge on any atom is -0.396 e. The van der Waals surface area contributed by atoms with Gasteiger partial charge in [0.1, 0.15) is 0 Å². The molecule has 5 heteroatoms. The fourth-order valence-electron chi connectivity index (χ4n) is 2.11. The molecule has 2 aliphatic heterocycles. The number of sulfone groups is 1. The second-order valence-electron chi connectivity index (χ2n) is 3.79. The van der Waals surface area contributed by atoms with Crippen molar-refractivity contribution in [3.63, 3.8) is 0 Å². The Bertz CT molecular complexity index is 284. The maximum Gasteiger partial charge on any atom is 0.151 e. The molecule has 2 aliphatic rings. The average molecular weight is 192 g/mol. The average Bonchev–Trinajstić information content (AvgIpc) is 2.40. The van der Waals surface area contributed by atoms with Crippen LogP contribution in [0, 0.1) is 11.3 Å². The van der Waals surface area contributed by atoms with E-state index in [0.29, 0.717) is 13.2 Å². The first-order chi connectivity index (χ1) is 5.58. The van der Waals surface area contributed by atoms with E-state index in [4.69, 9.17) is 9.84 Å². The summed E-state index contributed by atoms with van der Waals surface area (Å²) < 4.78 is 27.7. The van der Waals surface area contributed by atoms with Gasteiger partial charge in [0.05, 0.1) is 31.3 Å². The largest absolute Gasteiger partial charge is 0.396 e. The van der Waals surface area contributed by atoms with Gasteiger partial charge in [-0.3, -0.25) is 0 Å². The molecule has 0 aromatic carbocycles. The minimum absolute atomic E-state index is 0.0208. The molecule has 2 heterocycles. The summed E-state index contributed by atoms with van der Waals surface area (Å²) in [6.07, 6.45) is 0. The molecule has 0 spiro atoms. The second kappa shape index (κ2) is 2.43. The number of hydrogen-bond donors (Lipinski definition) is 1. The van der Waals surface area contributed by atoms with Gasteiger partial charge in [-0.15, -0.1) is 0 Å². The van der Waals surface area contributed by atoms with E-state index in [1.165, 1.54) is 0 Å². The van der Waals surface area contributed by atoms with Crippen LogP contribution in [0.1, 0.15) is 0 Å². The van der Waals surface area contributed by atoms with Crippen LogP contribution < -0.4 is 0 Å². The van der Waals surface area contributed by atoms with Crippen LogP contribution in [0.5, 0.6) is 0 Å². The Balaban J connectivity index is 2.32. The van der Waals surface area contributed by atoms with Gasteiger partial charge in [-0.25, -0.2) is 8.42 Å². The molecule has 4 nitrogen and oxygen atoms in total. The topological polar surface area (TPSA) is 63.6 Å². The molecule has 70 valence electrons. The molecular weight excluding hydrogens is 180 g/mol. The Morgan fingerprint density at radius 1 is 1.58 bits per heavy atom. The zero-order chi connectivity index (χ0) is 8.82. The molecule has 0 saturated carbocycles. The Labute approximate surface area is 71.5 Å². The van der Waals surface area contributed by atoms with Gasteiger partial charge in [0, 0.05) is 11.3 Å². The van der Waals surface area contributed by atoms with E-state index in [2.05, 4.69) is 0 Å². The Hall–Kier alpha value is -0.130. The summed E-state index contributed by atoms with van der Waals surface area (Å²) in [6, 6.07) is 0. The summed E-state index contributed by atoms with van der Waals surface area (Å²) in [5.41, 5.74) is -0.473. The van der Waals surface area contributed by atoms with Gasteiger partial charge in [-0.1, -0.05) is 0 Å². The van der Waals surface area contributed by atoms with E-state index in [-0.39, 0.29) is 24.0 Å². The number of rotatable bonds is 1. The van der Waals surface area contributed by atoms with Gasteiger partial charge in [0.2, 0.25) is 0 Å². The second-order valence-corrected chi connectivity index (χ2v) is 5.90. The molecule has 2 rings (SSSR count). The standard InChI is InChI=1S/C7H12O4S/c8-3-7-4-11-1-6(7)2-12(9,10)5-7/h6,8H,1-5H2/t6-,7+/m1/s1. The van der Waals surface area contributed by atoms with E-state index >= 15 is 0 Å². The molecule has 0 aliphatic carbocycles. The molecule has 0 radical (unpaired) electrons. The number of hydrogen-bond acceptors (Lipinski definition) is 4. The summed E-state index contributed by atoms with van der Waals surface area (Å²) in [7, 11) is -2.92. The normalized spacial score (nSPS) is 44.6. The monoisotopic (exact) mass is 192 g/mol. The van der Waals surface area contributed by atoms with Crippen molar-refractivity contribution in [2.45, 2.75) is 0 Å². The van der Waals surface area contributed by atoms with Crippen molar-refractivity contribution in [1.29, 1.82) is 0 Å². The Morgan fingerprint density at radius 3 is 2.92 bits per heavy atom. The molecular formula is C7H12O4S. The molecule has 2 saturated heterocycles. The van der Waals surface area contributed by atoms with Crippen LogP contribution >= 0.6 is 0 Å². The number of ether oxygens (including phenoxy) is 1. The lowest BCUT2D eigenvalue weighted by atomic mass is 9.82. The van der Waals surface area contributed by atoms with Crippen molar-refractivity contribution < 1.29 is 18.3 Å². The zero-order valence-electron chi connectivity index (χ0n) is 6.69. The highest BCUT2D eigenvalue weighted by Gasteiger charge is 2.53. The highest BCUT2D eigenvalue weighted by atomic mass is 32.2. The molecule has 0 bridgehead atoms. The smallest absolute Gasteiger partial charge is 0.151 e. The third kappa shape index (κ3) is 1.08. The fourth-order valence-corrected chi connectivity index (χ4v) is 4.57. The summed E-state index contributed by atoms with van der Waals surface area (Å²) >= 11 is 0. The van der Waals surface area contributed by atoms with Crippen LogP contribution in [0.15, 0.2) is 0 Å². The zero-order valence-corrected chi connectivity index (χ0v) is 7.51. The van der Waals surface area contributed by atoms with Crippen molar-refractivity contribution in [2.75, 3.05) is 31.3 Å². The lowest BCUT2D eigenvalue weighted by molar-refractivity contribution is 0.104. The fraction of sp³-hybridized carbons (Fsp3) is 1.00. The van der Waals surface area contributed by atoms with Gasteiger partial charge in [0.15, 0.2) is 9.84 Å². The molecule has 1 N–H and O–H groups in total. The number of fused-ring (bicyclic) bond motifs is 1.